The van der Waals surface area contributed by atoms with E-state index < -0.39 is 29.1 Å². The summed E-state index contributed by atoms with van der Waals surface area (Å²) in [6.07, 6.45) is -5.85. The highest BCUT2D eigenvalue weighted by atomic mass is 32.1. The molecule has 1 heterocycles. The zero-order valence-corrected chi connectivity index (χ0v) is 17.2. The van der Waals surface area contributed by atoms with Crippen molar-refractivity contribution in [3.8, 4) is 5.75 Å². The number of carbonyl (C=O) groups is 1. The number of amides is 1. The van der Waals surface area contributed by atoms with Crippen LogP contribution in [0.15, 0.2) is 42.5 Å². The van der Waals surface area contributed by atoms with Crippen molar-refractivity contribution in [3.63, 3.8) is 0 Å². The second-order valence-electron chi connectivity index (χ2n) is 6.94. The number of ether oxygens (including phenoxy) is 1. The fourth-order valence-corrected chi connectivity index (χ4v) is 4.15. The van der Waals surface area contributed by atoms with Crippen molar-refractivity contribution in [1.29, 1.82) is 0 Å². The van der Waals surface area contributed by atoms with Gasteiger partial charge in [0.05, 0.1) is 23.7 Å². The molecule has 1 amide bonds. The quantitative estimate of drug-likeness (QED) is 0.582. The Morgan fingerprint density at radius 3 is 2.63 bits per heavy atom. The number of aromatic nitrogens is 1. The fourth-order valence-electron chi connectivity index (χ4n) is 3.08. The molecule has 1 atom stereocenters. The molecule has 0 spiro atoms. The van der Waals surface area contributed by atoms with Gasteiger partial charge in [-0.25, -0.2) is 4.98 Å². The summed E-state index contributed by atoms with van der Waals surface area (Å²) in [6.45, 7) is 2.01. The third-order valence-corrected chi connectivity index (χ3v) is 5.87. The maximum Gasteiger partial charge on any atom is 0.424 e. The maximum atomic E-state index is 13.7. The monoisotopic (exact) mass is 438 g/mol. The van der Waals surface area contributed by atoms with Crippen LogP contribution in [0.3, 0.4) is 0 Å². The first kappa shape index (κ1) is 22.0. The molecule has 1 unspecified atom stereocenters. The van der Waals surface area contributed by atoms with Gasteiger partial charge in [0.1, 0.15) is 10.8 Å². The van der Waals surface area contributed by atoms with E-state index in [-0.39, 0.29) is 6.54 Å². The molecule has 0 saturated carbocycles. The minimum Gasteiger partial charge on any atom is -0.496 e. The Kier molecular flexibility index (Phi) is 6.33. The molecule has 0 aliphatic rings. The van der Waals surface area contributed by atoms with Crippen LogP contribution in [0.5, 0.6) is 5.75 Å². The van der Waals surface area contributed by atoms with Crippen LogP contribution in [-0.2, 0) is 16.8 Å². The Morgan fingerprint density at radius 1 is 1.23 bits per heavy atom. The normalized spacial score (nSPS) is 13.8. The molecule has 0 aliphatic carbocycles. The Bertz CT molecular complexity index is 1020. The fraction of sp³-hybridized carbons (Fsp3) is 0.333. The van der Waals surface area contributed by atoms with Crippen molar-refractivity contribution >= 4 is 27.5 Å². The van der Waals surface area contributed by atoms with Crippen LogP contribution >= 0.6 is 11.3 Å². The first-order valence-corrected chi connectivity index (χ1v) is 10.0. The summed E-state index contributed by atoms with van der Waals surface area (Å²) in [6, 6.07) is 12.0. The van der Waals surface area contributed by atoms with Crippen LogP contribution < -0.4 is 10.1 Å². The van der Waals surface area contributed by atoms with E-state index in [0.717, 1.165) is 22.5 Å². The maximum absolute atomic E-state index is 13.7. The van der Waals surface area contributed by atoms with Crippen molar-refractivity contribution in [3.05, 3.63) is 58.6 Å². The lowest BCUT2D eigenvalue weighted by Crippen LogP contribution is -2.46. The van der Waals surface area contributed by atoms with Crippen molar-refractivity contribution in [1.82, 2.24) is 10.3 Å². The highest BCUT2D eigenvalue weighted by Gasteiger charge is 2.58. The molecular weight excluding hydrogens is 417 g/mol. The van der Waals surface area contributed by atoms with E-state index in [0.29, 0.717) is 22.4 Å². The van der Waals surface area contributed by atoms with Crippen molar-refractivity contribution in [2.75, 3.05) is 13.7 Å². The molecule has 30 heavy (non-hydrogen) atoms. The Balaban J connectivity index is 1.72. The van der Waals surface area contributed by atoms with Gasteiger partial charge < -0.3 is 15.2 Å². The number of methoxy groups -OCH3 is 1. The van der Waals surface area contributed by atoms with Crippen LogP contribution in [0.2, 0.25) is 0 Å². The van der Waals surface area contributed by atoms with Gasteiger partial charge in [0.2, 0.25) is 11.5 Å². The van der Waals surface area contributed by atoms with Crippen LogP contribution in [0.25, 0.3) is 10.2 Å². The number of nitrogens with one attached hydrogen (secondary N) is 1. The lowest BCUT2D eigenvalue weighted by atomic mass is 9.99. The Hall–Kier alpha value is -2.65. The zero-order valence-electron chi connectivity index (χ0n) is 16.4. The number of carbonyl (C=O) groups excluding carboxylic acids is 1. The second-order valence-corrected chi connectivity index (χ2v) is 7.97. The lowest BCUT2D eigenvalue weighted by molar-refractivity contribution is -0.267. The standard InChI is InChI=1S/C21H21F3N2O3S/c1-13-7-8-16(29-2)14(11-13)9-10-25-18(27)12-20(28,21(22,23)24)19-26-15-5-3-4-6-17(15)30-19/h3-8,11,28H,9-10,12H2,1-2H3,(H,25,27). The van der Waals surface area contributed by atoms with Gasteiger partial charge in [-0.15, -0.1) is 11.3 Å². The van der Waals surface area contributed by atoms with Gasteiger partial charge in [0.15, 0.2) is 0 Å². The molecule has 0 saturated heterocycles. The first-order valence-electron chi connectivity index (χ1n) is 9.19. The summed E-state index contributed by atoms with van der Waals surface area (Å²) >= 11 is 0.723. The van der Waals surface area contributed by atoms with Gasteiger partial charge in [-0.2, -0.15) is 13.2 Å². The Morgan fingerprint density at radius 2 is 1.97 bits per heavy atom. The predicted molar refractivity (Wildman–Crippen MR) is 109 cm³/mol. The van der Waals surface area contributed by atoms with E-state index >= 15 is 0 Å². The smallest absolute Gasteiger partial charge is 0.424 e. The second kappa shape index (κ2) is 8.61. The summed E-state index contributed by atoms with van der Waals surface area (Å²) in [5.74, 6) is -0.281. The lowest BCUT2D eigenvalue weighted by Gasteiger charge is -2.27. The van der Waals surface area contributed by atoms with Crippen LogP contribution in [0.1, 0.15) is 22.6 Å². The number of aliphatic hydroxyl groups is 1. The molecule has 0 radical (unpaired) electrons. The van der Waals surface area contributed by atoms with Gasteiger partial charge in [0, 0.05) is 6.54 Å². The topological polar surface area (TPSA) is 71.5 Å². The molecule has 2 aromatic carbocycles. The molecule has 2 N–H and O–H groups in total. The van der Waals surface area contributed by atoms with E-state index in [9.17, 15) is 23.1 Å². The van der Waals surface area contributed by atoms with Crippen molar-refractivity contribution in [2.45, 2.75) is 31.5 Å². The largest absolute Gasteiger partial charge is 0.496 e. The average molecular weight is 438 g/mol. The van der Waals surface area contributed by atoms with Gasteiger partial charge >= 0.3 is 6.18 Å². The number of benzene rings is 2. The van der Waals surface area contributed by atoms with E-state index in [1.807, 2.05) is 19.1 Å². The summed E-state index contributed by atoms with van der Waals surface area (Å²) < 4.78 is 47.0. The molecule has 3 rings (SSSR count). The number of aryl methyl sites for hydroxylation is 1. The summed E-state index contributed by atoms with van der Waals surface area (Å²) in [5.41, 5.74) is -1.19. The van der Waals surface area contributed by atoms with Crippen LogP contribution in [0, 0.1) is 6.92 Å². The summed E-state index contributed by atoms with van der Waals surface area (Å²) in [4.78, 5) is 16.2. The number of para-hydroxylation sites is 1. The predicted octanol–water partition coefficient (Wildman–Crippen LogP) is 4.11. The van der Waals surface area contributed by atoms with E-state index in [1.165, 1.54) is 7.11 Å². The zero-order chi connectivity index (χ0) is 21.9. The highest BCUT2D eigenvalue weighted by Crippen LogP contribution is 2.44. The third kappa shape index (κ3) is 4.57. The first-order chi connectivity index (χ1) is 14.1. The highest BCUT2D eigenvalue weighted by molar-refractivity contribution is 7.18. The molecule has 9 heteroatoms. The number of nitrogens with zero attached hydrogens (tertiary/aromatic N) is 1. The minimum absolute atomic E-state index is 0.104. The van der Waals surface area contributed by atoms with Crippen molar-refractivity contribution in [2.24, 2.45) is 0 Å². The molecule has 0 fully saturated rings. The van der Waals surface area contributed by atoms with Crippen LogP contribution in [-0.4, -0.2) is 35.8 Å². The Labute approximate surface area is 175 Å². The van der Waals surface area contributed by atoms with Crippen molar-refractivity contribution < 1.29 is 27.8 Å². The number of halogens is 3. The minimum atomic E-state index is -5.06. The molecule has 5 nitrogen and oxygen atoms in total. The number of thiazole rings is 1. The van der Waals surface area contributed by atoms with Gasteiger partial charge in [-0.3, -0.25) is 4.79 Å². The number of alkyl halides is 3. The molecule has 0 bridgehead atoms. The SMILES string of the molecule is COc1ccc(C)cc1CCNC(=O)CC(O)(c1nc2ccccc2s1)C(F)(F)F. The number of hydrogen-bond acceptors (Lipinski definition) is 5. The van der Waals surface area contributed by atoms with E-state index in [2.05, 4.69) is 10.3 Å². The molecule has 0 aliphatic heterocycles. The summed E-state index contributed by atoms with van der Waals surface area (Å²) in [5, 5.41) is 12.4. The summed E-state index contributed by atoms with van der Waals surface area (Å²) in [7, 11) is 1.52. The van der Waals surface area contributed by atoms with Gasteiger partial charge in [-0.1, -0.05) is 29.8 Å². The average Bonchev–Trinajstić information content (AvgIpc) is 3.12. The molecule has 1 aromatic heterocycles. The van der Waals surface area contributed by atoms with E-state index in [1.54, 1.807) is 30.3 Å². The molecular formula is C21H21F3N2O3S. The van der Waals surface area contributed by atoms with E-state index in [4.69, 9.17) is 4.74 Å². The number of fused-ring (bicyclic) bond motifs is 1. The third-order valence-electron chi connectivity index (χ3n) is 4.69. The number of hydrogen-bond donors (Lipinski definition) is 2. The molecule has 160 valence electrons. The van der Waals surface area contributed by atoms with Gasteiger partial charge in [-0.05, 0) is 37.1 Å². The number of rotatable bonds is 7. The van der Waals surface area contributed by atoms with Crippen LogP contribution in [0.4, 0.5) is 13.2 Å². The molecule has 3 aromatic rings. The van der Waals surface area contributed by atoms with Gasteiger partial charge in [0.25, 0.3) is 0 Å².